The molecule has 3 aromatic heterocycles. The van der Waals surface area contributed by atoms with Crippen molar-refractivity contribution < 1.29 is 33.1 Å². The number of Topliss-reactive ketones (excluding diaryl/α,β-unsaturated/α-hetero) is 1. The van der Waals surface area contributed by atoms with Crippen molar-refractivity contribution in [1.82, 2.24) is 20.3 Å². The second-order valence-electron chi connectivity index (χ2n) is 9.81. The molecule has 13 heteroatoms. The zero-order valence-corrected chi connectivity index (χ0v) is 25.9. The Morgan fingerprint density at radius 1 is 0.778 bits per heavy atom. The molecule has 0 saturated carbocycles. The van der Waals surface area contributed by atoms with Crippen molar-refractivity contribution in [2.24, 2.45) is 0 Å². The van der Waals surface area contributed by atoms with Gasteiger partial charge in [-0.3, -0.25) is 29.1 Å². The molecule has 0 spiro atoms. The molecule has 0 atom stereocenters. The summed E-state index contributed by atoms with van der Waals surface area (Å²) in [6, 6.07) is 15.0. The lowest BCUT2D eigenvalue weighted by Gasteiger charge is -2.06. The largest absolute Gasteiger partial charge is 0.458 e. The number of carbonyl (C=O) groups is 4. The number of fused-ring (bicyclic) bond motifs is 2. The summed E-state index contributed by atoms with van der Waals surface area (Å²) in [6.45, 7) is 2.15. The van der Waals surface area contributed by atoms with Crippen LogP contribution in [0.5, 0.6) is 0 Å². The van der Waals surface area contributed by atoms with Gasteiger partial charge in [0.25, 0.3) is 0 Å². The Kier molecular flexibility index (Phi) is 11.5. The molecule has 11 nitrogen and oxygen atoms in total. The fourth-order valence-corrected chi connectivity index (χ4v) is 4.38. The van der Waals surface area contributed by atoms with Crippen LogP contribution in [-0.4, -0.2) is 51.7 Å². The summed E-state index contributed by atoms with van der Waals surface area (Å²) in [5.74, 6) is -0.462. The smallest absolute Gasteiger partial charge is 0.303 e. The number of aromatic nitrogens is 3. The van der Waals surface area contributed by atoms with Crippen molar-refractivity contribution in [2.75, 3.05) is 13.2 Å². The van der Waals surface area contributed by atoms with E-state index in [0.717, 1.165) is 32.9 Å². The van der Waals surface area contributed by atoms with Crippen LogP contribution in [0.1, 0.15) is 36.6 Å². The molecule has 3 heterocycles. The quantitative estimate of drug-likeness (QED) is 0.199. The predicted molar refractivity (Wildman–Crippen MR) is 167 cm³/mol. The Balaban J connectivity index is 0.000000205. The van der Waals surface area contributed by atoms with E-state index in [1.807, 2.05) is 30.3 Å². The highest BCUT2D eigenvalue weighted by Crippen LogP contribution is 2.21. The van der Waals surface area contributed by atoms with Crippen molar-refractivity contribution in [3.8, 4) is 0 Å². The van der Waals surface area contributed by atoms with Crippen LogP contribution in [-0.2, 0) is 48.1 Å². The van der Waals surface area contributed by atoms with Crippen LogP contribution in [0.3, 0.4) is 0 Å². The average molecular weight is 652 g/mol. The van der Waals surface area contributed by atoms with E-state index < -0.39 is 5.97 Å². The van der Waals surface area contributed by atoms with Crippen LogP contribution in [0, 0.1) is 0 Å². The number of benzene rings is 2. The molecular weight excluding hydrogens is 623 g/mol. The number of rotatable bonds is 10. The maximum Gasteiger partial charge on any atom is 0.303 e. The van der Waals surface area contributed by atoms with Gasteiger partial charge in [0.2, 0.25) is 5.91 Å². The van der Waals surface area contributed by atoms with Gasteiger partial charge >= 0.3 is 11.9 Å². The maximum atomic E-state index is 11.8. The summed E-state index contributed by atoms with van der Waals surface area (Å²) in [7, 11) is 0. The molecule has 5 aromatic rings. The minimum absolute atomic E-state index is 0.0968. The molecule has 0 aliphatic rings. The zero-order valence-electron chi connectivity index (χ0n) is 24.3. The maximum absolute atomic E-state index is 11.8. The number of esters is 2. The minimum atomic E-state index is -0.534. The van der Waals surface area contributed by atoms with Gasteiger partial charge in [0.1, 0.15) is 0 Å². The van der Waals surface area contributed by atoms with E-state index in [9.17, 15) is 19.2 Å². The van der Waals surface area contributed by atoms with E-state index in [0.29, 0.717) is 28.1 Å². The molecule has 2 aromatic carbocycles. The number of oxazole rings is 1. The normalized spacial score (nSPS) is 10.6. The summed E-state index contributed by atoms with van der Waals surface area (Å²) in [4.78, 5) is 57.2. The average Bonchev–Trinajstić information content (AvgIpc) is 3.45. The first-order chi connectivity index (χ1) is 21.5. The number of ketones is 1. The predicted octanol–water partition coefficient (Wildman–Crippen LogP) is 5.21. The topological polar surface area (TPSA) is 151 Å². The molecule has 45 heavy (non-hydrogen) atoms. The number of pyridine rings is 2. The van der Waals surface area contributed by atoms with E-state index in [1.165, 1.54) is 13.8 Å². The molecule has 0 aliphatic heterocycles. The number of hydrogen-bond donors (Lipinski definition) is 1. The molecule has 0 unspecified atom stereocenters. The van der Waals surface area contributed by atoms with Crippen LogP contribution in [0.15, 0.2) is 71.5 Å². The highest BCUT2D eigenvalue weighted by molar-refractivity contribution is 6.31. The van der Waals surface area contributed by atoms with Crippen molar-refractivity contribution >= 4 is 68.6 Å². The third kappa shape index (κ3) is 10.7. The molecule has 0 saturated heterocycles. The molecule has 0 aliphatic carbocycles. The van der Waals surface area contributed by atoms with Crippen molar-refractivity contribution in [3.05, 3.63) is 99.9 Å². The monoisotopic (exact) mass is 650 g/mol. The van der Waals surface area contributed by atoms with Crippen LogP contribution in [0.4, 0.5) is 0 Å². The molecule has 0 bridgehead atoms. The van der Waals surface area contributed by atoms with E-state index in [4.69, 9.17) is 32.4 Å². The van der Waals surface area contributed by atoms with Gasteiger partial charge < -0.3 is 19.2 Å². The Bertz CT molecular complexity index is 1860. The number of carbonyl (C=O) groups excluding carboxylic acids is 4. The number of halogens is 2. The van der Waals surface area contributed by atoms with Crippen LogP contribution < -0.4 is 5.32 Å². The van der Waals surface area contributed by atoms with Gasteiger partial charge in [-0.1, -0.05) is 35.3 Å². The fraction of sp³-hybridized carbons (Fsp3) is 0.219. The lowest BCUT2D eigenvalue weighted by Crippen LogP contribution is -2.32. The van der Waals surface area contributed by atoms with E-state index in [2.05, 4.69) is 25.0 Å². The number of ether oxygens (including phenoxy) is 2. The molecule has 5 rings (SSSR count). The van der Waals surface area contributed by atoms with Gasteiger partial charge in [-0.2, -0.15) is 0 Å². The van der Waals surface area contributed by atoms with Crippen molar-refractivity contribution in [2.45, 2.75) is 33.3 Å². The fourth-order valence-electron chi connectivity index (χ4n) is 4.05. The zero-order chi connectivity index (χ0) is 32.3. The molecular formula is C32H28Cl2N4O7. The van der Waals surface area contributed by atoms with Crippen LogP contribution in [0.2, 0.25) is 10.0 Å². The molecule has 232 valence electrons. The van der Waals surface area contributed by atoms with Gasteiger partial charge in [0, 0.05) is 43.4 Å². The second kappa shape index (κ2) is 15.7. The van der Waals surface area contributed by atoms with E-state index in [1.54, 1.807) is 36.8 Å². The van der Waals surface area contributed by atoms with Gasteiger partial charge in [-0.15, -0.1) is 0 Å². The number of nitrogens with zero attached hydrogens (tertiary/aromatic N) is 3. The highest BCUT2D eigenvalue weighted by Gasteiger charge is 2.10. The lowest BCUT2D eigenvalue weighted by molar-refractivity contribution is -0.145. The molecule has 0 fully saturated rings. The lowest BCUT2D eigenvalue weighted by atomic mass is 10.1. The summed E-state index contributed by atoms with van der Waals surface area (Å²) < 4.78 is 15.0. The summed E-state index contributed by atoms with van der Waals surface area (Å²) in [6.07, 6.45) is 5.42. The number of hydrogen-bond acceptors (Lipinski definition) is 10. The van der Waals surface area contributed by atoms with Gasteiger partial charge in [-0.25, -0.2) is 4.98 Å². The molecule has 1 amide bonds. The summed E-state index contributed by atoms with van der Waals surface area (Å²) in [5, 5.41) is 5.43. The third-order valence-electron chi connectivity index (χ3n) is 6.08. The third-order valence-corrected chi connectivity index (χ3v) is 6.50. The Labute approximate surface area is 267 Å². The van der Waals surface area contributed by atoms with E-state index in [-0.39, 0.29) is 43.8 Å². The molecule has 1 N–H and O–H groups in total. The Hall–Kier alpha value is -4.87. The second-order valence-corrected chi connectivity index (χ2v) is 10.7. The number of nitrogens with one attached hydrogen (secondary N) is 1. The summed E-state index contributed by atoms with van der Waals surface area (Å²) >= 11 is 11.9. The van der Waals surface area contributed by atoms with Crippen molar-refractivity contribution in [3.63, 3.8) is 0 Å². The van der Waals surface area contributed by atoms with Crippen molar-refractivity contribution in [1.29, 1.82) is 0 Å². The van der Waals surface area contributed by atoms with Crippen LogP contribution >= 0.6 is 23.2 Å². The summed E-state index contributed by atoms with van der Waals surface area (Å²) in [5.41, 5.74) is 3.50. The van der Waals surface area contributed by atoms with Gasteiger partial charge in [0.05, 0.1) is 40.2 Å². The Morgan fingerprint density at radius 3 is 2.00 bits per heavy atom. The standard InChI is InChI=1S/C16H15ClN2O4.C16H13ClN2O3/c1-10(20)23-9-14(21)8-19-16(22)5-11-2-3-15-12(4-11)6-13(17)7-18-15;1-10(20)21-9-14-8-19-16(22-14)5-11-2-3-15-12(4-11)6-13(17)7-18-15/h2-4,6-7H,5,8-9H2,1H3,(H,19,22);2-4,6-8H,5,9H2,1H3. The first kappa shape index (κ1) is 33.0. The first-order valence-corrected chi connectivity index (χ1v) is 14.4. The van der Waals surface area contributed by atoms with Gasteiger partial charge in [0.15, 0.2) is 30.6 Å². The van der Waals surface area contributed by atoms with Crippen LogP contribution in [0.25, 0.3) is 21.8 Å². The highest BCUT2D eigenvalue weighted by atomic mass is 35.5. The Morgan fingerprint density at radius 2 is 1.38 bits per heavy atom. The molecule has 0 radical (unpaired) electrons. The minimum Gasteiger partial charge on any atom is -0.458 e. The first-order valence-electron chi connectivity index (χ1n) is 13.6. The van der Waals surface area contributed by atoms with Gasteiger partial charge in [-0.05, 0) is 47.5 Å². The van der Waals surface area contributed by atoms with E-state index >= 15 is 0 Å². The SMILES string of the molecule is CC(=O)OCC(=O)CNC(=O)Cc1ccc2ncc(Cl)cc2c1.CC(=O)OCc1cnc(Cc2ccc3ncc(Cl)cc3c2)o1. The number of amides is 1.